The highest BCUT2D eigenvalue weighted by Crippen LogP contribution is 2.42. The first-order valence-corrected chi connectivity index (χ1v) is 7.17. The Bertz CT molecular complexity index is 177. The smallest absolute Gasteiger partial charge is 0.0380 e. The molecule has 0 heterocycles. The summed E-state index contributed by atoms with van der Waals surface area (Å²) in [4.78, 5) is 0. The molecule has 0 nitrogen and oxygen atoms in total. The molecule has 0 saturated heterocycles. The van der Waals surface area contributed by atoms with E-state index in [2.05, 4.69) is 41.5 Å². The summed E-state index contributed by atoms with van der Waals surface area (Å²) in [6.45, 7) is 14.4. The second kappa shape index (κ2) is 5.10. The average Bonchev–Trinajstić information content (AvgIpc) is 2.03. The molecule has 1 aliphatic rings. The van der Waals surface area contributed by atoms with E-state index in [1.807, 2.05) is 0 Å². The Morgan fingerprint density at radius 1 is 0.688 bits per heavy atom. The van der Waals surface area contributed by atoms with E-state index in [9.17, 15) is 0 Å². The van der Waals surface area contributed by atoms with E-state index in [-0.39, 0.29) is 0 Å². The van der Waals surface area contributed by atoms with Crippen molar-refractivity contribution in [2.75, 3.05) is 0 Å². The number of hydrogen-bond donors (Lipinski definition) is 0. The van der Waals surface area contributed by atoms with Crippen molar-refractivity contribution in [1.82, 2.24) is 0 Å². The lowest BCUT2D eigenvalue weighted by molar-refractivity contribution is 0.126. The van der Waals surface area contributed by atoms with Crippen LogP contribution < -0.4 is 0 Å². The van der Waals surface area contributed by atoms with Crippen LogP contribution in [-0.4, -0.2) is 0 Å². The third-order valence-corrected chi connectivity index (χ3v) is 3.82. The first-order valence-electron chi connectivity index (χ1n) is 7.17. The highest BCUT2D eigenvalue weighted by Gasteiger charge is 2.31. The maximum Gasteiger partial charge on any atom is -0.0380 e. The molecule has 0 aliphatic heterocycles. The molecule has 1 aliphatic carbocycles. The van der Waals surface area contributed by atoms with Crippen molar-refractivity contribution < 1.29 is 0 Å². The Morgan fingerprint density at radius 2 is 1.00 bits per heavy atom. The maximum atomic E-state index is 2.40. The van der Waals surface area contributed by atoms with Gasteiger partial charge in [0, 0.05) is 0 Å². The van der Waals surface area contributed by atoms with E-state index < -0.39 is 0 Å². The van der Waals surface area contributed by atoms with Gasteiger partial charge in [-0.3, -0.25) is 0 Å². The largest absolute Gasteiger partial charge is 0.0602 e. The van der Waals surface area contributed by atoms with Crippen LogP contribution in [0.1, 0.15) is 80.1 Å². The van der Waals surface area contributed by atoms with Gasteiger partial charge in [-0.1, -0.05) is 67.2 Å². The molecule has 0 spiro atoms. The molecule has 0 radical (unpaired) electrons. The second-order valence-electron chi connectivity index (χ2n) is 8.33. The minimum atomic E-state index is 0.512. The highest BCUT2D eigenvalue weighted by atomic mass is 14.4. The van der Waals surface area contributed by atoms with Gasteiger partial charge in [-0.05, 0) is 35.5 Å². The van der Waals surface area contributed by atoms with Gasteiger partial charge in [-0.15, -0.1) is 0 Å². The van der Waals surface area contributed by atoms with Gasteiger partial charge in [0.15, 0.2) is 0 Å². The molecule has 1 rings (SSSR count). The first-order chi connectivity index (χ1) is 7.17. The lowest BCUT2D eigenvalue weighted by Gasteiger charge is -2.38. The zero-order valence-corrected chi connectivity index (χ0v) is 12.4. The fourth-order valence-electron chi connectivity index (χ4n) is 3.40. The third-order valence-electron chi connectivity index (χ3n) is 3.82. The minimum Gasteiger partial charge on any atom is -0.0602 e. The van der Waals surface area contributed by atoms with Crippen LogP contribution >= 0.6 is 0 Å². The van der Waals surface area contributed by atoms with E-state index in [0.717, 1.165) is 11.8 Å². The Balaban J connectivity index is 2.57. The predicted molar refractivity (Wildman–Crippen MR) is 73.6 cm³/mol. The standard InChI is InChI=1S/C16H32/c1-15(2,3)11-13-9-7-8-10-14(13)12-16(4,5)6/h13-14H,7-12H2,1-6H3/t13-,14-/m0/s1. The molecule has 0 amide bonds. The van der Waals surface area contributed by atoms with E-state index in [4.69, 9.17) is 0 Å². The Kier molecular flexibility index (Phi) is 4.49. The summed E-state index contributed by atoms with van der Waals surface area (Å²) in [7, 11) is 0. The molecule has 0 heteroatoms. The van der Waals surface area contributed by atoms with Crippen LogP contribution in [-0.2, 0) is 0 Å². The molecule has 2 atom stereocenters. The van der Waals surface area contributed by atoms with Crippen LogP contribution in [0.2, 0.25) is 0 Å². The van der Waals surface area contributed by atoms with Gasteiger partial charge in [0.05, 0.1) is 0 Å². The fraction of sp³-hybridized carbons (Fsp3) is 1.00. The van der Waals surface area contributed by atoms with Crippen molar-refractivity contribution in [2.45, 2.75) is 80.1 Å². The van der Waals surface area contributed by atoms with Crippen molar-refractivity contribution in [2.24, 2.45) is 22.7 Å². The number of hydrogen-bond acceptors (Lipinski definition) is 0. The van der Waals surface area contributed by atoms with Crippen molar-refractivity contribution in [3.63, 3.8) is 0 Å². The molecular weight excluding hydrogens is 192 g/mol. The van der Waals surface area contributed by atoms with Gasteiger partial charge in [-0.25, -0.2) is 0 Å². The summed E-state index contributed by atoms with van der Waals surface area (Å²) >= 11 is 0. The minimum absolute atomic E-state index is 0.512. The summed E-state index contributed by atoms with van der Waals surface area (Å²) in [5, 5.41) is 0. The first kappa shape index (κ1) is 14.1. The van der Waals surface area contributed by atoms with Crippen LogP contribution in [0.25, 0.3) is 0 Å². The topological polar surface area (TPSA) is 0 Å². The van der Waals surface area contributed by atoms with Crippen molar-refractivity contribution in [3.8, 4) is 0 Å². The summed E-state index contributed by atoms with van der Waals surface area (Å²) in [5.41, 5.74) is 1.02. The van der Waals surface area contributed by atoms with Crippen molar-refractivity contribution >= 4 is 0 Å². The normalized spacial score (nSPS) is 28.1. The van der Waals surface area contributed by atoms with Crippen LogP contribution in [0, 0.1) is 22.7 Å². The molecule has 96 valence electrons. The van der Waals surface area contributed by atoms with Crippen molar-refractivity contribution in [3.05, 3.63) is 0 Å². The molecule has 0 aromatic rings. The fourth-order valence-corrected chi connectivity index (χ4v) is 3.40. The van der Waals surface area contributed by atoms with Crippen LogP contribution in [0.5, 0.6) is 0 Å². The Morgan fingerprint density at radius 3 is 1.25 bits per heavy atom. The Hall–Kier alpha value is 0. The van der Waals surface area contributed by atoms with Crippen LogP contribution in [0.4, 0.5) is 0 Å². The zero-order valence-electron chi connectivity index (χ0n) is 12.4. The van der Waals surface area contributed by atoms with Gasteiger partial charge in [-0.2, -0.15) is 0 Å². The van der Waals surface area contributed by atoms with Crippen molar-refractivity contribution in [1.29, 1.82) is 0 Å². The molecule has 1 saturated carbocycles. The maximum absolute atomic E-state index is 2.40. The molecule has 0 N–H and O–H groups in total. The predicted octanol–water partition coefficient (Wildman–Crippen LogP) is 5.67. The Labute approximate surface area is 103 Å². The zero-order chi connectivity index (χ0) is 12.4. The van der Waals surface area contributed by atoms with Crippen LogP contribution in [0.3, 0.4) is 0 Å². The van der Waals surface area contributed by atoms with E-state index in [1.165, 1.54) is 38.5 Å². The molecular formula is C16H32. The summed E-state index contributed by atoms with van der Waals surface area (Å²) < 4.78 is 0. The molecule has 0 aromatic heterocycles. The second-order valence-corrected chi connectivity index (χ2v) is 8.33. The molecule has 1 fully saturated rings. The van der Waals surface area contributed by atoms with E-state index in [0.29, 0.717) is 10.8 Å². The van der Waals surface area contributed by atoms with Gasteiger partial charge in [0.25, 0.3) is 0 Å². The molecule has 16 heavy (non-hydrogen) atoms. The quantitative estimate of drug-likeness (QED) is 0.567. The van der Waals surface area contributed by atoms with Crippen LogP contribution in [0.15, 0.2) is 0 Å². The van der Waals surface area contributed by atoms with Gasteiger partial charge in [0.1, 0.15) is 0 Å². The number of rotatable bonds is 2. The average molecular weight is 224 g/mol. The summed E-state index contributed by atoms with van der Waals surface area (Å²) in [6.07, 6.45) is 8.76. The molecule has 0 bridgehead atoms. The summed E-state index contributed by atoms with van der Waals surface area (Å²) in [6, 6.07) is 0. The molecule has 0 unspecified atom stereocenters. The highest BCUT2D eigenvalue weighted by molar-refractivity contribution is 4.82. The molecule has 0 aromatic carbocycles. The van der Waals surface area contributed by atoms with Gasteiger partial charge >= 0.3 is 0 Å². The van der Waals surface area contributed by atoms with Gasteiger partial charge < -0.3 is 0 Å². The monoisotopic (exact) mass is 224 g/mol. The van der Waals surface area contributed by atoms with E-state index >= 15 is 0 Å². The van der Waals surface area contributed by atoms with E-state index in [1.54, 1.807) is 0 Å². The summed E-state index contributed by atoms with van der Waals surface area (Å²) in [5.74, 6) is 1.99. The lowest BCUT2D eigenvalue weighted by atomic mass is 9.67. The SMILES string of the molecule is CC(C)(C)C[C@@H]1CCCC[C@H]1CC(C)(C)C. The third kappa shape index (κ3) is 5.37. The lowest BCUT2D eigenvalue weighted by Crippen LogP contribution is -2.27. The van der Waals surface area contributed by atoms with Gasteiger partial charge in [0.2, 0.25) is 0 Å².